The van der Waals surface area contributed by atoms with Gasteiger partial charge in [-0.1, -0.05) is 95.6 Å². The number of hydrogen-bond acceptors (Lipinski definition) is 4. The molecular formula is C4Br6CdO4. The molecule has 0 amide bonds. The first-order chi connectivity index (χ1) is 5.89. The first-order valence-corrected chi connectivity index (χ1v) is 7.21. The van der Waals surface area contributed by atoms with Gasteiger partial charge in [-0.05, 0) is 0 Å². The van der Waals surface area contributed by atoms with Crippen LogP contribution in [0.3, 0.4) is 0 Å². The van der Waals surface area contributed by atoms with Crippen molar-refractivity contribution in [3.8, 4) is 0 Å². The Morgan fingerprint density at radius 1 is 0.733 bits per heavy atom. The van der Waals surface area contributed by atoms with E-state index >= 15 is 0 Å². The van der Waals surface area contributed by atoms with E-state index in [9.17, 15) is 19.8 Å². The summed E-state index contributed by atoms with van der Waals surface area (Å²) >= 11 is 16.3. The minimum Gasteiger partial charge on any atom is -0.547 e. The van der Waals surface area contributed by atoms with E-state index in [1.165, 1.54) is 0 Å². The van der Waals surface area contributed by atoms with E-state index < -0.39 is 16.2 Å². The van der Waals surface area contributed by atoms with Crippen molar-refractivity contribution in [2.24, 2.45) is 0 Å². The van der Waals surface area contributed by atoms with Gasteiger partial charge in [0.25, 0.3) is 0 Å². The molecule has 0 bridgehead atoms. The summed E-state index contributed by atoms with van der Waals surface area (Å²) in [7, 11) is 0. The van der Waals surface area contributed by atoms with E-state index in [-0.39, 0.29) is 27.3 Å². The number of carbonyl (C=O) groups is 2. The second-order valence-electron chi connectivity index (χ2n) is 1.57. The third-order valence-electron chi connectivity index (χ3n) is 0.463. The number of carbonyl (C=O) groups excluding carboxylic acids is 2. The van der Waals surface area contributed by atoms with Crippen LogP contribution in [-0.4, -0.2) is 16.2 Å². The van der Waals surface area contributed by atoms with E-state index in [1.807, 2.05) is 0 Å². The van der Waals surface area contributed by atoms with Gasteiger partial charge in [-0.25, -0.2) is 0 Å². The zero-order valence-electron chi connectivity index (χ0n) is 6.61. The number of carboxylic acid groups (broad SMARTS) is 2. The standard InChI is InChI=1S/2C2HBr3O2.Cd/c2*3-2(4,5)1(6)7;/h2*(H,6,7);/q;;+2/p-2. The first-order valence-electron chi connectivity index (χ1n) is 2.45. The summed E-state index contributed by atoms with van der Waals surface area (Å²) in [5.74, 6) is -2.51. The van der Waals surface area contributed by atoms with Crippen molar-refractivity contribution >= 4 is 108 Å². The van der Waals surface area contributed by atoms with Gasteiger partial charge in [0.2, 0.25) is 0 Å². The van der Waals surface area contributed by atoms with Crippen LogP contribution >= 0.6 is 95.6 Å². The molecule has 11 heteroatoms. The van der Waals surface area contributed by atoms with Crippen LogP contribution in [0.4, 0.5) is 0 Å². The molecule has 15 heavy (non-hydrogen) atoms. The Hall–Kier alpha value is 2.74. The zero-order valence-corrected chi connectivity index (χ0v) is 20.2. The molecule has 0 aromatic rings. The van der Waals surface area contributed by atoms with Crippen molar-refractivity contribution in [1.29, 1.82) is 0 Å². The second kappa shape index (κ2) is 9.64. The molecule has 0 aromatic heterocycles. The fourth-order valence-electron chi connectivity index (χ4n) is 0. The van der Waals surface area contributed by atoms with Gasteiger partial charge in [-0.15, -0.1) is 0 Å². The zero-order chi connectivity index (χ0) is 12.2. The van der Waals surface area contributed by atoms with Gasteiger partial charge in [0.15, 0.2) is 4.29 Å². The summed E-state index contributed by atoms with van der Waals surface area (Å²) < 4.78 is -2.51. The second-order valence-corrected chi connectivity index (χ2v) is 15.1. The van der Waals surface area contributed by atoms with Crippen LogP contribution in [0.5, 0.6) is 0 Å². The van der Waals surface area contributed by atoms with Gasteiger partial charge in [-0.2, -0.15) is 0 Å². The predicted octanol–water partition coefficient (Wildman–Crippen LogP) is 1.15. The maximum Gasteiger partial charge on any atom is 2.00 e. The van der Waals surface area contributed by atoms with E-state index in [1.54, 1.807) is 0 Å². The van der Waals surface area contributed by atoms with Gasteiger partial charge in [0.1, 0.15) is 0 Å². The number of hydrogen-bond donors (Lipinski definition) is 0. The number of rotatable bonds is 0. The number of alkyl halides is 6. The van der Waals surface area contributed by atoms with Crippen molar-refractivity contribution in [3.05, 3.63) is 0 Å². The van der Waals surface area contributed by atoms with Crippen molar-refractivity contribution in [2.75, 3.05) is 0 Å². The van der Waals surface area contributed by atoms with Crippen LogP contribution in [0.25, 0.3) is 0 Å². The smallest absolute Gasteiger partial charge is 0.547 e. The Labute approximate surface area is 156 Å². The van der Waals surface area contributed by atoms with Crippen molar-refractivity contribution in [3.63, 3.8) is 0 Å². The molecule has 0 fully saturated rings. The van der Waals surface area contributed by atoms with Crippen LogP contribution in [0.1, 0.15) is 0 Å². The minimum absolute atomic E-state index is 0. The third kappa shape index (κ3) is 16.7. The third-order valence-corrected chi connectivity index (χ3v) is 2.41. The molecular weight excluding hydrogens is 704 g/mol. The van der Waals surface area contributed by atoms with E-state index in [4.69, 9.17) is 0 Å². The fraction of sp³-hybridized carbons (Fsp3) is 0.500. The topological polar surface area (TPSA) is 80.3 Å². The average molecular weight is 704 g/mol. The summed E-state index contributed by atoms with van der Waals surface area (Å²) in [5.41, 5.74) is 0. The number of halogens is 6. The molecule has 0 N–H and O–H groups in total. The molecule has 0 saturated carbocycles. The van der Waals surface area contributed by atoms with Crippen LogP contribution in [0.15, 0.2) is 0 Å². The molecule has 0 aliphatic heterocycles. The SMILES string of the molecule is O=C([O-])C(Br)(Br)Br.O=C([O-])C(Br)(Br)Br.[Cd+2]. The summed E-state index contributed by atoms with van der Waals surface area (Å²) in [6.07, 6.45) is 0. The molecule has 0 atom stereocenters. The Bertz CT molecular complexity index is 196. The first kappa shape index (κ1) is 22.9. The van der Waals surface area contributed by atoms with Gasteiger partial charge < -0.3 is 19.8 Å². The van der Waals surface area contributed by atoms with Crippen LogP contribution < -0.4 is 10.2 Å². The van der Waals surface area contributed by atoms with E-state index in [0.29, 0.717) is 0 Å². The van der Waals surface area contributed by atoms with Gasteiger partial charge in [0, 0.05) is 0 Å². The molecule has 0 aliphatic rings. The molecule has 0 saturated heterocycles. The number of carboxylic acids is 2. The molecule has 84 valence electrons. The molecule has 0 aliphatic carbocycles. The summed E-state index contributed by atoms with van der Waals surface area (Å²) in [5, 5.41) is 19.5. The van der Waals surface area contributed by atoms with Crippen LogP contribution in [-0.2, 0) is 36.9 Å². The number of aliphatic carboxylic acids is 2. The molecule has 0 spiro atoms. The maximum absolute atomic E-state index is 9.77. The monoisotopic (exact) mass is 699 g/mol. The van der Waals surface area contributed by atoms with Gasteiger partial charge in [0.05, 0.1) is 11.9 Å². The Morgan fingerprint density at radius 2 is 0.800 bits per heavy atom. The van der Waals surface area contributed by atoms with E-state index in [0.717, 1.165) is 0 Å². The van der Waals surface area contributed by atoms with Gasteiger partial charge >= 0.3 is 27.3 Å². The molecule has 0 heterocycles. The summed E-state index contributed by atoms with van der Waals surface area (Å²) in [6, 6.07) is 0. The molecule has 0 unspecified atom stereocenters. The summed E-state index contributed by atoms with van der Waals surface area (Å²) in [6.45, 7) is 0. The molecule has 0 aromatic carbocycles. The largest absolute Gasteiger partial charge is 2.00 e. The van der Waals surface area contributed by atoms with Crippen molar-refractivity contribution < 1.29 is 47.1 Å². The predicted molar refractivity (Wildman–Crippen MR) is 69.0 cm³/mol. The Balaban J connectivity index is -0.000000180. The molecule has 0 rings (SSSR count). The quantitative estimate of drug-likeness (QED) is 0.280. The van der Waals surface area contributed by atoms with Crippen molar-refractivity contribution in [1.82, 2.24) is 0 Å². The summed E-state index contributed by atoms with van der Waals surface area (Å²) in [4.78, 5) is 19.5. The van der Waals surface area contributed by atoms with Crippen LogP contribution in [0.2, 0.25) is 0 Å². The molecule has 0 radical (unpaired) electrons. The Kier molecular flexibility index (Phi) is 14.7. The fourth-order valence-corrected chi connectivity index (χ4v) is 0. The average Bonchev–Trinajstić information content (AvgIpc) is 1.83. The maximum atomic E-state index is 9.77. The van der Waals surface area contributed by atoms with Crippen LogP contribution in [0, 0.1) is 0 Å². The van der Waals surface area contributed by atoms with Crippen molar-refractivity contribution in [2.45, 2.75) is 4.29 Å². The minimum atomic E-state index is -1.26. The van der Waals surface area contributed by atoms with E-state index in [2.05, 4.69) is 95.6 Å². The normalized spacial score (nSPS) is 10.5. The molecule has 4 nitrogen and oxygen atoms in total. The van der Waals surface area contributed by atoms with Gasteiger partial charge in [-0.3, -0.25) is 0 Å². The Morgan fingerprint density at radius 3 is 0.800 bits per heavy atom.